The molecule has 0 saturated carbocycles. The average Bonchev–Trinajstić information content (AvgIpc) is 2.87. The SMILES string of the molecule is O=C(NCCc1ccc2c(c1)OCCO2)C1Cc2ccccc2CN1C(=O)c1ccccc1Cl. The van der Waals surface area contributed by atoms with Crippen LogP contribution >= 0.6 is 11.6 Å². The molecule has 2 amide bonds. The van der Waals surface area contributed by atoms with Crippen LogP contribution < -0.4 is 14.8 Å². The van der Waals surface area contributed by atoms with E-state index in [1.807, 2.05) is 42.5 Å². The molecule has 1 unspecified atom stereocenters. The molecule has 3 aromatic rings. The van der Waals surface area contributed by atoms with E-state index in [1.54, 1.807) is 29.2 Å². The summed E-state index contributed by atoms with van der Waals surface area (Å²) in [5.74, 6) is 1.06. The molecule has 174 valence electrons. The zero-order valence-electron chi connectivity index (χ0n) is 18.6. The van der Waals surface area contributed by atoms with Gasteiger partial charge in [0.2, 0.25) is 5.91 Å². The Kier molecular flexibility index (Phi) is 6.41. The molecule has 34 heavy (non-hydrogen) atoms. The van der Waals surface area contributed by atoms with Gasteiger partial charge in [0.25, 0.3) is 5.91 Å². The molecule has 2 aliphatic rings. The van der Waals surface area contributed by atoms with E-state index in [9.17, 15) is 9.59 Å². The third-order valence-corrected chi connectivity index (χ3v) is 6.57. The minimum Gasteiger partial charge on any atom is -0.486 e. The van der Waals surface area contributed by atoms with E-state index in [1.165, 1.54) is 0 Å². The van der Waals surface area contributed by atoms with Gasteiger partial charge in [0.05, 0.1) is 10.6 Å². The van der Waals surface area contributed by atoms with Crippen molar-refractivity contribution in [2.45, 2.75) is 25.4 Å². The Labute approximate surface area is 203 Å². The number of halogens is 1. The van der Waals surface area contributed by atoms with Gasteiger partial charge in [-0.1, -0.05) is 54.1 Å². The first kappa shape index (κ1) is 22.3. The van der Waals surface area contributed by atoms with Gasteiger partial charge in [0.1, 0.15) is 19.3 Å². The van der Waals surface area contributed by atoms with Crippen LogP contribution in [0.25, 0.3) is 0 Å². The standard InChI is InChI=1S/C27H25ClN2O4/c28-22-8-4-3-7-21(22)27(32)30-17-20-6-2-1-5-19(20)16-23(30)26(31)29-12-11-18-9-10-24-25(15-18)34-14-13-33-24/h1-10,15,23H,11-14,16-17H2,(H,29,31). The van der Waals surface area contributed by atoms with Crippen molar-refractivity contribution in [3.8, 4) is 11.5 Å². The van der Waals surface area contributed by atoms with Crippen molar-refractivity contribution in [3.05, 3.63) is 94.0 Å². The Morgan fingerprint density at radius 1 is 0.941 bits per heavy atom. The Morgan fingerprint density at radius 3 is 2.50 bits per heavy atom. The predicted octanol–water partition coefficient (Wildman–Crippen LogP) is 4.04. The second-order valence-corrected chi connectivity index (χ2v) is 8.83. The Hall–Kier alpha value is -3.51. The van der Waals surface area contributed by atoms with Gasteiger partial charge in [0, 0.05) is 19.5 Å². The van der Waals surface area contributed by atoms with Crippen LogP contribution in [-0.4, -0.2) is 42.5 Å². The molecule has 0 aromatic heterocycles. The summed E-state index contributed by atoms with van der Waals surface area (Å²) >= 11 is 6.30. The Bertz CT molecular complexity index is 1230. The monoisotopic (exact) mass is 476 g/mol. The molecule has 7 heteroatoms. The first-order chi connectivity index (χ1) is 16.6. The fourth-order valence-corrected chi connectivity index (χ4v) is 4.67. The highest BCUT2D eigenvalue weighted by Crippen LogP contribution is 2.31. The largest absolute Gasteiger partial charge is 0.486 e. The number of carbonyl (C=O) groups excluding carboxylic acids is 2. The van der Waals surface area contributed by atoms with Gasteiger partial charge in [0.15, 0.2) is 11.5 Å². The molecule has 0 aliphatic carbocycles. The lowest BCUT2D eigenvalue weighted by Gasteiger charge is -2.36. The van der Waals surface area contributed by atoms with Crippen molar-refractivity contribution in [3.63, 3.8) is 0 Å². The van der Waals surface area contributed by atoms with E-state index in [0.717, 1.165) is 28.2 Å². The molecule has 3 aromatic carbocycles. The zero-order chi connectivity index (χ0) is 23.5. The molecular weight excluding hydrogens is 452 g/mol. The van der Waals surface area contributed by atoms with Crippen LogP contribution in [0.4, 0.5) is 0 Å². The maximum absolute atomic E-state index is 13.4. The van der Waals surface area contributed by atoms with Crippen LogP contribution in [0.3, 0.4) is 0 Å². The molecule has 1 N–H and O–H groups in total. The number of fused-ring (bicyclic) bond motifs is 2. The summed E-state index contributed by atoms with van der Waals surface area (Å²) in [5, 5.41) is 3.40. The summed E-state index contributed by atoms with van der Waals surface area (Å²) in [6, 6.07) is 20.1. The van der Waals surface area contributed by atoms with Crippen molar-refractivity contribution < 1.29 is 19.1 Å². The summed E-state index contributed by atoms with van der Waals surface area (Å²) in [6.45, 7) is 1.90. The fourth-order valence-electron chi connectivity index (χ4n) is 4.45. The highest BCUT2D eigenvalue weighted by molar-refractivity contribution is 6.33. The minimum absolute atomic E-state index is 0.174. The molecule has 2 aliphatic heterocycles. The second-order valence-electron chi connectivity index (χ2n) is 8.42. The van der Waals surface area contributed by atoms with Gasteiger partial charge < -0.3 is 19.7 Å². The highest BCUT2D eigenvalue weighted by atomic mass is 35.5. The maximum Gasteiger partial charge on any atom is 0.256 e. The fraction of sp³-hybridized carbons (Fsp3) is 0.259. The van der Waals surface area contributed by atoms with Crippen molar-refractivity contribution in [1.82, 2.24) is 10.2 Å². The summed E-state index contributed by atoms with van der Waals surface area (Å²) in [6.07, 6.45) is 1.10. The van der Waals surface area contributed by atoms with Crippen molar-refractivity contribution >= 4 is 23.4 Å². The maximum atomic E-state index is 13.4. The molecule has 0 saturated heterocycles. The lowest BCUT2D eigenvalue weighted by Crippen LogP contribution is -2.52. The van der Waals surface area contributed by atoms with Crippen molar-refractivity contribution in [1.29, 1.82) is 0 Å². The average molecular weight is 477 g/mol. The number of carbonyl (C=O) groups is 2. The number of nitrogens with zero attached hydrogens (tertiary/aromatic N) is 1. The topological polar surface area (TPSA) is 67.9 Å². The van der Waals surface area contributed by atoms with Crippen LogP contribution in [0.1, 0.15) is 27.0 Å². The molecule has 2 heterocycles. The summed E-state index contributed by atoms with van der Waals surface area (Å²) < 4.78 is 11.2. The molecule has 0 bridgehead atoms. The van der Waals surface area contributed by atoms with Crippen LogP contribution in [0.15, 0.2) is 66.7 Å². The molecule has 0 spiro atoms. The van der Waals surface area contributed by atoms with Crippen LogP contribution in [0.5, 0.6) is 11.5 Å². The van der Waals surface area contributed by atoms with Crippen molar-refractivity contribution in [2.24, 2.45) is 0 Å². The number of hydrogen-bond donors (Lipinski definition) is 1. The van der Waals surface area contributed by atoms with E-state index in [4.69, 9.17) is 21.1 Å². The van der Waals surface area contributed by atoms with E-state index in [-0.39, 0.29) is 11.8 Å². The highest BCUT2D eigenvalue weighted by Gasteiger charge is 2.35. The molecule has 5 rings (SSSR count). The number of benzene rings is 3. The zero-order valence-corrected chi connectivity index (χ0v) is 19.4. The van der Waals surface area contributed by atoms with Gasteiger partial charge in [-0.05, 0) is 47.4 Å². The van der Waals surface area contributed by atoms with Gasteiger partial charge in [-0.15, -0.1) is 0 Å². The summed E-state index contributed by atoms with van der Waals surface area (Å²) in [7, 11) is 0. The number of amides is 2. The van der Waals surface area contributed by atoms with Gasteiger partial charge in [-0.2, -0.15) is 0 Å². The summed E-state index contributed by atoms with van der Waals surface area (Å²) in [4.78, 5) is 28.3. The van der Waals surface area contributed by atoms with Gasteiger partial charge in [-0.3, -0.25) is 9.59 Å². The minimum atomic E-state index is -0.612. The van der Waals surface area contributed by atoms with Gasteiger partial charge >= 0.3 is 0 Å². The molecule has 0 fully saturated rings. The van der Waals surface area contributed by atoms with Crippen LogP contribution in [0, 0.1) is 0 Å². The van der Waals surface area contributed by atoms with E-state index in [2.05, 4.69) is 5.32 Å². The number of rotatable bonds is 5. The first-order valence-corrected chi connectivity index (χ1v) is 11.8. The molecule has 1 atom stereocenters. The lowest BCUT2D eigenvalue weighted by atomic mass is 9.92. The molecule has 0 radical (unpaired) electrons. The Balaban J connectivity index is 1.31. The Morgan fingerprint density at radius 2 is 1.68 bits per heavy atom. The summed E-state index contributed by atoms with van der Waals surface area (Å²) in [5.41, 5.74) is 3.57. The first-order valence-electron chi connectivity index (χ1n) is 11.4. The lowest BCUT2D eigenvalue weighted by molar-refractivity contribution is -0.126. The molecular formula is C27H25ClN2O4. The molecule has 6 nitrogen and oxygen atoms in total. The third-order valence-electron chi connectivity index (χ3n) is 6.24. The van der Waals surface area contributed by atoms with E-state index < -0.39 is 6.04 Å². The van der Waals surface area contributed by atoms with Gasteiger partial charge in [-0.25, -0.2) is 0 Å². The second kappa shape index (κ2) is 9.77. The third kappa shape index (κ3) is 4.59. The predicted molar refractivity (Wildman–Crippen MR) is 129 cm³/mol. The van der Waals surface area contributed by atoms with E-state index in [0.29, 0.717) is 49.7 Å². The number of hydrogen-bond acceptors (Lipinski definition) is 4. The smallest absolute Gasteiger partial charge is 0.256 e. The quantitative estimate of drug-likeness (QED) is 0.603. The van der Waals surface area contributed by atoms with E-state index >= 15 is 0 Å². The van der Waals surface area contributed by atoms with Crippen LogP contribution in [0.2, 0.25) is 5.02 Å². The normalized spacial score (nSPS) is 16.5. The number of nitrogens with one attached hydrogen (secondary N) is 1. The van der Waals surface area contributed by atoms with Crippen molar-refractivity contribution in [2.75, 3.05) is 19.8 Å². The van der Waals surface area contributed by atoms with Crippen LogP contribution in [-0.2, 0) is 24.2 Å². The number of ether oxygens (including phenoxy) is 2.